The minimum atomic E-state index is -0.387. The molecule has 0 amide bonds. The molecule has 3 heteroatoms. The number of ether oxygens (including phenoxy) is 2. The summed E-state index contributed by atoms with van der Waals surface area (Å²) in [5, 5.41) is 1.16. The molecule has 26 heavy (non-hydrogen) atoms. The molecule has 0 aliphatic heterocycles. The Morgan fingerprint density at radius 2 is 1.65 bits per heavy atom. The topological polar surface area (TPSA) is 18.5 Å². The first-order valence-electron chi connectivity index (χ1n) is 9.61. The Kier molecular flexibility index (Phi) is 6.75. The third kappa shape index (κ3) is 3.64. The third-order valence-corrected chi connectivity index (χ3v) is 6.35. The quantitative estimate of drug-likeness (QED) is 0.539. The van der Waals surface area contributed by atoms with Crippen molar-refractivity contribution in [2.24, 2.45) is 5.92 Å². The Hall–Kier alpha value is -1.11. The summed E-state index contributed by atoms with van der Waals surface area (Å²) < 4.78 is 11.8. The van der Waals surface area contributed by atoms with Gasteiger partial charge in [0, 0.05) is 18.3 Å². The summed E-state index contributed by atoms with van der Waals surface area (Å²) in [6, 6.07) is 6.96. The van der Waals surface area contributed by atoms with E-state index in [1.165, 1.54) is 16.7 Å². The maximum absolute atomic E-state index is 6.19. The summed E-state index contributed by atoms with van der Waals surface area (Å²) in [4.78, 5) is 0. The summed E-state index contributed by atoms with van der Waals surface area (Å²) in [5.74, 6) is 2.31. The first-order chi connectivity index (χ1) is 12.2. The summed E-state index contributed by atoms with van der Waals surface area (Å²) in [6.45, 7) is 13.5. The Morgan fingerprint density at radius 1 is 1.00 bits per heavy atom. The van der Waals surface area contributed by atoms with Gasteiger partial charge in [0.25, 0.3) is 0 Å². The highest BCUT2D eigenvalue weighted by atomic mass is 31.0. The van der Waals surface area contributed by atoms with Crippen LogP contribution in [0, 0.1) is 5.92 Å². The zero-order valence-corrected chi connectivity index (χ0v) is 18.7. The van der Waals surface area contributed by atoms with Gasteiger partial charge in [-0.3, -0.25) is 0 Å². The highest BCUT2D eigenvalue weighted by Crippen LogP contribution is 2.51. The molecule has 0 fully saturated rings. The van der Waals surface area contributed by atoms with Gasteiger partial charge in [-0.2, -0.15) is 0 Å². The molecule has 2 nitrogen and oxygen atoms in total. The maximum Gasteiger partial charge on any atom is 0.122 e. The fraction of sp³-hybridized carbons (Fsp3) is 0.565. The van der Waals surface area contributed by atoms with Crippen LogP contribution in [0.15, 0.2) is 41.4 Å². The predicted molar refractivity (Wildman–Crippen MR) is 115 cm³/mol. The van der Waals surface area contributed by atoms with Crippen LogP contribution in [0.5, 0.6) is 0 Å². The van der Waals surface area contributed by atoms with Gasteiger partial charge in [0.05, 0.1) is 12.7 Å². The Morgan fingerprint density at radius 3 is 2.12 bits per heavy atom. The standard InChI is InChI=1S/C23H35O2P/c1-14(2)17-9-10-18(19(13-17)15(3)4)21-22(26)20(24-7)11-12-23(21,25-8)16(5)6/h9-16,21H,26H2,1-8H3. The zero-order valence-electron chi connectivity index (χ0n) is 17.6. The minimum absolute atomic E-state index is 0.107. The molecule has 0 heterocycles. The molecule has 144 valence electrons. The van der Waals surface area contributed by atoms with Gasteiger partial charge in [-0.25, -0.2) is 0 Å². The molecule has 3 unspecified atom stereocenters. The molecule has 0 radical (unpaired) electrons. The van der Waals surface area contributed by atoms with Gasteiger partial charge in [0.2, 0.25) is 0 Å². The summed E-state index contributed by atoms with van der Waals surface area (Å²) in [5.41, 5.74) is 3.73. The molecular weight excluding hydrogens is 339 g/mol. The molecule has 0 spiro atoms. The second-order valence-electron chi connectivity index (χ2n) is 8.20. The van der Waals surface area contributed by atoms with E-state index in [-0.39, 0.29) is 11.5 Å². The Balaban J connectivity index is 2.75. The van der Waals surface area contributed by atoms with Crippen molar-refractivity contribution < 1.29 is 9.47 Å². The molecule has 2 rings (SSSR count). The fourth-order valence-corrected chi connectivity index (χ4v) is 4.70. The Labute approximate surface area is 162 Å². The van der Waals surface area contributed by atoms with Crippen molar-refractivity contribution >= 4 is 9.24 Å². The van der Waals surface area contributed by atoms with Crippen molar-refractivity contribution in [3.8, 4) is 0 Å². The van der Waals surface area contributed by atoms with Crippen LogP contribution in [0.1, 0.15) is 76.0 Å². The molecule has 1 aliphatic carbocycles. The van der Waals surface area contributed by atoms with Gasteiger partial charge in [0.15, 0.2) is 0 Å². The molecule has 1 aromatic rings. The van der Waals surface area contributed by atoms with Crippen molar-refractivity contribution in [2.45, 2.75) is 64.9 Å². The van der Waals surface area contributed by atoms with E-state index in [1.807, 2.05) is 7.11 Å². The Bertz CT molecular complexity index is 700. The van der Waals surface area contributed by atoms with Gasteiger partial charge < -0.3 is 9.47 Å². The number of hydrogen-bond donors (Lipinski definition) is 0. The van der Waals surface area contributed by atoms with E-state index in [0.29, 0.717) is 17.8 Å². The van der Waals surface area contributed by atoms with E-state index in [2.05, 4.69) is 81.1 Å². The van der Waals surface area contributed by atoms with E-state index in [1.54, 1.807) is 7.11 Å². The number of allylic oxidation sites excluding steroid dienone is 1. The molecule has 3 atom stereocenters. The van der Waals surface area contributed by atoms with E-state index >= 15 is 0 Å². The van der Waals surface area contributed by atoms with Crippen LogP contribution in [0.2, 0.25) is 0 Å². The normalized spacial score (nSPS) is 23.5. The van der Waals surface area contributed by atoms with Crippen LogP contribution in [-0.4, -0.2) is 19.8 Å². The summed E-state index contributed by atoms with van der Waals surface area (Å²) in [6.07, 6.45) is 4.25. The molecule has 0 aromatic heterocycles. The molecule has 0 bridgehead atoms. The third-order valence-electron chi connectivity index (χ3n) is 5.73. The molecular formula is C23H35O2P. The SMILES string of the molecule is COC1=C(P)C(c2ccc(C(C)C)cc2C(C)C)C(OC)(C(C)C)C=C1. The zero-order chi connectivity index (χ0) is 19.6. The lowest BCUT2D eigenvalue weighted by Gasteiger charge is -2.44. The number of methoxy groups -OCH3 is 2. The number of rotatable bonds is 6. The lowest BCUT2D eigenvalue weighted by Crippen LogP contribution is -2.44. The molecule has 0 saturated heterocycles. The van der Waals surface area contributed by atoms with E-state index in [0.717, 1.165) is 11.1 Å². The first-order valence-corrected chi connectivity index (χ1v) is 10.2. The summed E-state index contributed by atoms with van der Waals surface area (Å²) >= 11 is 0. The second kappa shape index (κ2) is 8.28. The van der Waals surface area contributed by atoms with E-state index in [4.69, 9.17) is 9.47 Å². The average Bonchev–Trinajstić information content (AvgIpc) is 2.60. The van der Waals surface area contributed by atoms with Crippen molar-refractivity contribution in [1.29, 1.82) is 0 Å². The lowest BCUT2D eigenvalue weighted by molar-refractivity contribution is -0.0214. The van der Waals surface area contributed by atoms with Crippen LogP contribution in [0.4, 0.5) is 0 Å². The average molecular weight is 375 g/mol. The van der Waals surface area contributed by atoms with Crippen LogP contribution >= 0.6 is 9.24 Å². The second-order valence-corrected chi connectivity index (χ2v) is 8.82. The molecule has 1 aliphatic rings. The van der Waals surface area contributed by atoms with Crippen LogP contribution in [0.3, 0.4) is 0 Å². The van der Waals surface area contributed by atoms with Gasteiger partial charge in [-0.1, -0.05) is 59.7 Å². The summed E-state index contributed by atoms with van der Waals surface area (Å²) in [7, 11) is 6.49. The number of benzene rings is 1. The van der Waals surface area contributed by atoms with Crippen LogP contribution < -0.4 is 0 Å². The fourth-order valence-electron chi connectivity index (χ4n) is 4.04. The lowest BCUT2D eigenvalue weighted by atomic mass is 9.70. The predicted octanol–water partition coefficient (Wildman–Crippen LogP) is 6.36. The van der Waals surface area contributed by atoms with Crippen LogP contribution in [0.25, 0.3) is 0 Å². The molecule has 1 aromatic carbocycles. The monoisotopic (exact) mass is 374 g/mol. The van der Waals surface area contributed by atoms with Crippen molar-refractivity contribution in [2.75, 3.05) is 14.2 Å². The van der Waals surface area contributed by atoms with Crippen LogP contribution in [-0.2, 0) is 9.47 Å². The van der Waals surface area contributed by atoms with E-state index in [9.17, 15) is 0 Å². The van der Waals surface area contributed by atoms with E-state index < -0.39 is 0 Å². The van der Waals surface area contributed by atoms with Gasteiger partial charge in [-0.15, -0.1) is 9.24 Å². The molecule has 0 saturated carbocycles. The molecule has 0 N–H and O–H groups in total. The smallest absolute Gasteiger partial charge is 0.122 e. The van der Waals surface area contributed by atoms with Gasteiger partial charge in [-0.05, 0) is 46.6 Å². The van der Waals surface area contributed by atoms with Gasteiger partial charge in [0.1, 0.15) is 5.76 Å². The first kappa shape index (κ1) is 21.2. The largest absolute Gasteiger partial charge is 0.496 e. The van der Waals surface area contributed by atoms with Gasteiger partial charge >= 0.3 is 0 Å². The maximum atomic E-state index is 6.19. The van der Waals surface area contributed by atoms with Crippen molar-refractivity contribution in [3.63, 3.8) is 0 Å². The highest BCUT2D eigenvalue weighted by Gasteiger charge is 2.45. The van der Waals surface area contributed by atoms with Crippen molar-refractivity contribution in [1.82, 2.24) is 0 Å². The highest BCUT2D eigenvalue weighted by molar-refractivity contribution is 7.22. The number of hydrogen-bond acceptors (Lipinski definition) is 2. The van der Waals surface area contributed by atoms with Crippen molar-refractivity contribution in [3.05, 3.63) is 58.1 Å². The minimum Gasteiger partial charge on any atom is -0.496 e.